The lowest BCUT2D eigenvalue weighted by atomic mass is 9.98. The van der Waals surface area contributed by atoms with Crippen LogP contribution in [0.5, 0.6) is 0 Å². The summed E-state index contributed by atoms with van der Waals surface area (Å²) in [6, 6.07) is 8.52. The highest BCUT2D eigenvalue weighted by Gasteiger charge is 2.40. The highest BCUT2D eigenvalue weighted by atomic mass is 35.5. The third-order valence-corrected chi connectivity index (χ3v) is 10.5. The molecule has 0 spiro atoms. The zero-order chi connectivity index (χ0) is 20.9. The monoisotopic (exact) mass is 458 g/mol. The molecule has 1 aliphatic heterocycles. The Morgan fingerprint density at radius 2 is 1.93 bits per heavy atom. The summed E-state index contributed by atoms with van der Waals surface area (Å²) in [7, 11) is -2.74. The molecule has 0 aliphatic carbocycles. The highest BCUT2D eigenvalue weighted by Crippen LogP contribution is 2.47. The quantitative estimate of drug-likeness (QED) is 0.760. The molecule has 10 heteroatoms. The zero-order valence-corrected chi connectivity index (χ0v) is 18.8. The third-order valence-electron chi connectivity index (χ3n) is 4.67. The fourth-order valence-corrected chi connectivity index (χ4v) is 7.30. The molecule has 3 rings (SSSR count). The molecule has 1 atom stereocenters. The smallest absolute Gasteiger partial charge is 0.232 e. The maximum Gasteiger partial charge on any atom is 0.232 e. The van der Waals surface area contributed by atoms with Crippen LogP contribution in [0.3, 0.4) is 0 Å². The van der Waals surface area contributed by atoms with E-state index in [4.69, 9.17) is 11.6 Å². The lowest BCUT2D eigenvalue weighted by Gasteiger charge is -2.35. The van der Waals surface area contributed by atoms with Crippen LogP contribution < -0.4 is 4.31 Å². The number of halogens is 1. The van der Waals surface area contributed by atoms with E-state index in [2.05, 4.69) is 4.98 Å². The van der Waals surface area contributed by atoms with E-state index in [0.29, 0.717) is 26.4 Å². The second-order valence-electron chi connectivity index (χ2n) is 6.79. The highest BCUT2D eigenvalue weighted by molar-refractivity contribution is 8.36. The molecule has 1 unspecified atom stereocenters. The molecule has 2 heterocycles. The Labute approximate surface area is 174 Å². The van der Waals surface area contributed by atoms with E-state index < -0.39 is 24.2 Å². The van der Waals surface area contributed by atoms with Crippen molar-refractivity contribution >= 4 is 57.7 Å². The SMILES string of the molecule is CN(c1cccc(C2=C(O)c3ncccc3C(C)(C)S2=S=O)c1Cl)S(C)(=O)=O. The van der Waals surface area contributed by atoms with E-state index in [9.17, 15) is 17.7 Å². The van der Waals surface area contributed by atoms with Gasteiger partial charge in [-0.1, -0.05) is 29.8 Å². The summed E-state index contributed by atoms with van der Waals surface area (Å²) in [4.78, 5) is 4.68. The van der Waals surface area contributed by atoms with Crippen molar-refractivity contribution in [1.82, 2.24) is 4.98 Å². The Morgan fingerprint density at radius 1 is 1.25 bits per heavy atom. The first kappa shape index (κ1) is 21.0. The van der Waals surface area contributed by atoms with E-state index in [0.717, 1.165) is 16.1 Å². The predicted molar refractivity (Wildman–Crippen MR) is 117 cm³/mol. The van der Waals surface area contributed by atoms with Gasteiger partial charge in [0.05, 0.1) is 21.9 Å². The van der Waals surface area contributed by atoms with Crippen molar-refractivity contribution in [1.29, 1.82) is 0 Å². The summed E-state index contributed by atoms with van der Waals surface area (Å²) in [5.41, 5.74) is 1.87. The first-order valence-corrected chi connectivity index (χ1v) is 12.9. The van der Waals surface area contributed by atoms with Crippen molar-refractivity contribution < 1.29 is 17.7 Å². The number of hydrogen-bond donors (Lipinski definition) is 1. The second-order valence-corrected chi connectivity index (χ2v) is 12.7. The van der Waals surface area contributed by atoms with Crippen LogP contribution in [0.1, 0.15) is 30.7 Å². The average molecular weight is 459 g/mol. The first-order chi connectivity index (χ1) is 13.0. The molecule has 0 fully saturated rings. The van der Waals surface area contributed by atoms with E-state index in [1.54, 1.807) is 30.5 Å². The summed E-state index contributed by atoms with van der Waals surface area (Å²) < 4.78 is 36.5. The number of aliphatic hydroxyl groups excluding tert-OH is 1. The van der Waals surface area contributed by atoms with Crippen molar-refractivity contribution in [2.24, 2.45) is 0 Å². The Hall–Kier alpha value is -1.68. The molecule has 2 aromatic rings. The van der Waals surface area contributed by atoms with Gasteiger partial charge in [-0.05, 0) is 41.0 Å². The minimum Gasteiger partial charge on any atom is -0.505 e. The van der Waals surface area contributed by atoms with E-state index >= 15 is 0 Å². The second kappa shape index (κ2) is 7.29. The zero-order valence-electron chi connectivity index (χ0n) is 15.6. The van der Waals surface area contributed by atoms with Crippen LogP contribution in [0.25, 0.3) is 10.7 Å². The number of pyridine rings is 1. The van der Waals surface area contributed by atoms with Gasteiger partial charge in [0.2, 0.25) is 10.0 Å². The minimum atomic E-state index is -3.54. The number of aromatic nitrogens is 1. The largest absolute Gasteiger partial charge is 0.505 e. The Balaban J connectivity index is 2.37. The van der Waals surface area contributed by atoms with Gasteiger partial charge in [0.1, 0.15) is 15.9 Å². The summed E-state index contributed by atoms with van der Waals surface area (Å²) in [5.74, 6) is -0.109. The average Bonchev–Trinajstić information content (AvgIpc) is 2.64. The maximum absolute atomic E-state index is 12.1. The molecule has 1 aromatic carbocycles. The molecular weight excluding hydrogens is 440 g/mol. The molecule has 0 bridgehead atoms. The van der Waals surface area contributed by atoms with Gasteiger partial charge in [-0.2, -0.15) is 0 Å². The van der Waals surface area contributed by atoms with Crippen LogP contribution in [0.4, 0.5) is 5.69 Å². The van der Waals surface area contributed by atoms with Crippen molar-refractivity contribution in [3.05, 3.63) is 58.4 Å². The number of hydrogen-bond acceptors (Lipinski definition) is 5. The molecule has 1 aromatic heterocycles. The topological polar surface area (TPSA) is 87.6 Å². The van der Waals surface area contributed by atoms with Crippen LogP contribution in [-0.4, -0.2) is 36.0 Å². The number of sulfonamides is 1. The Morgan fingerprint density at radius 3 is 2.54 bits per heavy atom. The number of rotatable bonds is 3. The number of benzene rings is 1. The van der Waals surface area contributed by atoms with Crippen molar-refractivity contribution in [3.63, 3.8) is 0 Å². The van der Waals surface area contributed by atoms with Gasteiger partial charge < -0.3 is 5.11 Å². The van der Waals surface area contributed by atoms with Crippen LogP contribution in [0.2, 0.25) is 5.02 Å². The summed E-state index contributed by atoms with van der Waals surface area (Å²) in [6.07, 6.45) is 2.65. The number of nitrogens with zero attached hydrogens (tertiary/aromatic N) is 2. The molecule has 1 aliphatic rings. The molecule has 1 N–H and O–H groups in total. The number of fused-ring (bicyclic) bond motifs is 1. The maximum atomic E-state index is 12.1. The molecule has 0 amide bonds. The van der Waals surface area contributed by atoms with Crippen LogP contribution in [0.15, 0.2) is 36.5 Å². The summed E-state index contributed by atoms with van der Waals surface area (Å²) >= 11 is 6.57. The van der Waals surface area contributed by atoms with Gasteiger partial charge >= 0.3 is 0 Å². The normalized spacial score (nSPS) is 18.5. The number of anilines is 1. The third kappa shape index (κ3) is 3.30. The van der Waals surface area contributed by atoms with Gasteiger partial charge in [-0.15, -0.1) is 0 Å². The fourth-order valence-electron chi connectivity index (χ4n) is 3.09. The van der Waals surface area contributed by atoms with Gasteiger partial charge in [0.25, 0.3) is 0 Å². The molecule has 28 heavy (non-hydrogen) atoms. The van der Waals surface area contributed by atoms with Crippen LogP contribution in [0, 0.1) is 0 Å². The predicted octanol–water partition coefficient (Wildman–Crippen LogP) is 3.51. The summed E-state index contributed by atoms with van der Waals surface area (Å²) in [6.45, 7) is 3.85. The lowest BCUT2D eigenvalue weighted by molar-refractivity contribution is 0.507. The minimum absolute atomic E-state index is 0.109. The van der Waals surface area contributed by atoms with Gasteiger partial charge in [-0.3, -0.25) is 9.29 Å². The van der Waals surface area contributed by atoms with Crippen molar-refractivity contribution in [2.45, 2.75) is 18.6 Å². The fraction of sp³-hybridized carbons (Fsp3) is 0.278. The molecule has 0 saturated heterocycles. The van der Waals surface area contributed by atoms with E-state index in [1.165, 1.54) is 7.05 Å². The van der Waals surface area contributed by atoms with Gasteiger partial charge in [0, 0.05) is 23.6 Å². The number of aliphatic hydroxyl groups is 1. The van der Waals surface area contributed by atoms with Gasteiger partial charge in [0.15, 0.2) is 5.76 Å². The lowest BCUT2D eigenvalue weighted by Crippen LogP contribution is -2.30. The van der Waals surface area contributed by atoms with E-state index in [1.807, 2.05) is 19.9 Å². The van der Waals surface area contributed by atoms with Crippen molar-refractivity contribution in [3.8, 4) is 0 Å². The van der Waals surface area contributed by atoms with Crippen LogP contribution in [-0.2, 0) is 34.5 Å². The standard InChI is InChI=1S/C18H19ClN2O4S3/c1-18(2)12-8-6-10-20-15(12)16(22)17(27(18)26-23)11-7-5-9-13(14(11)19)21(3)28(4,24)25/h5-10,22H,1-4H3. The van der Waals surface area contributed by atoms with Gasteiger partial charge in [-0.25, -0.2) is 12.6 Å². The molecular formula is C18H19ClN2O4S3. The Kier molecular flexibility index (Phi) is 5.48. The molecule has 6 nitrogen and oxygen atoms in total. The first-order valence-electron chi connectivity index (χ1n) is 8.18. The van der Waals surface area contributed by atoms with Crippen LogP contribution >= 0.6 is 11.6 Å². The Bertz CT molecular complexity index is 1170. The molecule has 150 valence electrons. The molecule has 0 radical (unpaired) electrons. The molecule has 0 saturated carbocycles. The van der Waals surface area contributed by atoms with E-state index in [-0.39, 0.29) is 16.5 Å². The van der Waals surface area contributed by atoms with Crippen molar-refractivity contribution in [2.75, 3.05) is 17.6 Å². The summed E-state index contributed by atoms with van der Waals surface area (Å²) in [5, 5.41) is 11.2.